The molecule has 0 spiro atoms. The molecule has 3 heterocycles. The molecule has 2 aromatic rings. The molecule has 5 rings (SSSR count). The van der Waals surface area contributed by atoms with Crippen molar-refractivity contribution >= 4 is 17.8 Å². The number of anilines is 2. The maximum atomic E-state index is 8.12. The Labute approximate surface area is 166 Å². The second-order valence-corrected chi connectivity index (χ2v) is 8.10. The van der Waals surface area contributed by atoms with Crippen LogP contribution in [0.1, 0.15) is 37.9 Å². The summed E-state index contributed by atoms with van der Waals surface area (Å²) in [7, 11) is 0. The van der Waals surface area contributed by atoms with Gasteiger partial charge in [-0.2, -0.15) is 9.59 Å². The molecule has 28 heavy (non-hydrogen) atoms. The lowest BCUT2D eigenvalue weighted by molar-refractivity contribution is -0.191. The SMILES string of the molecule is CCc1cn2c(n1)N(c1ccc(C34CC3CN(CC)C4)cc1)CCC2.O=C=O. The number of nitrogens with zero attached hydrogens (tertiary/aromatic N) is 4. The van der Waals surface area contributed by atoms with E-state index < -0.39 is 0 Å². The molecule has 0 N–H and O–H groups in total. The highest BCUT2D eigenvalue weighted by Crippen LogP contribution is 2.59. The van der Waals surface area contributed by atoms with Crippen molar-refractivity contribution < 1.29 is 9.59 Å². The molecule has 2 fully saturated rings. The van der Waals surface area contributed by atoms with Gasteiger partial charge in [-0.25, -0.2) is 4.98 Å². The maximum absolute atomic E-state index is 8.12. The van der Waals surface area contributed by atoms with Gasteiger partial charge in [0, 0.05) is 43.5 Å². The minimum atomic E-state index is 0.250. The van der Waals surface area contributed by atoms with Crippen LogP contribution in [0.2, 0.25) is 0 Å². The summed E-state index contributed by atoms with van der Waals surface area (Å²) in [5.74, 6) is 2.01. The summed E-state index contributed by atoms with van der Waals surface area (Å²) in [6, 6.07) is 9.42. The van der Waals surface area contributed by atoms with Crippen LogP contribution in [0, 0.1) is 5.92 Å². The Morgan fingerprint density at radius 2 is 1.93 bits per heavy atom. The Morgan fingerprint density at radius 3 is 2.57 bits per heavy atom. The Morgan fingerprint density at radius 1 is 1.18 bits per heavy atom. The zero-order valence-electron chi connectivity index (χ0n) is 16.7. The fourth-order valence-electron chi connectivity index (χ4n) is 5.00. The van der Waals surface area contributed by atoms with Crippen LogP contribution in [0.25, 0.3) is 0 Å². The zero-order chi connectivity index (χ0) is 19.7. The molecule has 1 aromatic heterocycles. The number of piperidine rings is 1. The highest BCUT2D eigenvalue weighted by Gasteiger charge is 2.60. The lowest BCUT2D eigenvalue weighted by atomic mass is 9.94. The first kappa shape index (κ1) is 18.9. The Kier molecular flexibility index (Phi) is 5.09. The fourth-order valence-corrected chi connectivity index (χ4v) is 5.00. The molecule has 2 aliphatic heterocycles. The molecule has 148 valence electrons. The van der Waals surface area contributed by atoms with Gasteiger partial charge in [0.25, 0.3) is 0 Å². The predicted octanol–water partition coefficient (Wildman–Crippen LogP) is 3.00. The van der Waals surface area contributed by atoms with Crippen LogP contribution in [-0.4, -0.2) is 46.8 Å². The lowest BCUT2D eigenvalue weighted by Gasteiger charge is -2.29. The van der Waals surface area contributed by atoms with E-state index in [1.165, 1.54) is 43.9 Å². The number of aromatic nitrogens is 2. The number of rotatable bonds is 4. The van der Waals surface area contributed by atoms with Gasteiger partial charge in [0.05, 0.1) is 5.69 Å². The van der Waals surface area contributed by atoms with Crippen molar-refractivity contribution in [3.8, 4) is 0 Å². The molecular formula is C22H28N4O2. The third kappa shape index (κ3) is 3.17. The summed E-state index contributed by atoms with van der Waals surface area (Å²) in [4.78, 5) is 26.1. The van der Waals surface area contributed by atoms with Gasteiger partial charge in [0.1, 0.15) is 0 Å². The number of hydrogen-bond acceptors (Lipinski definition) is 5. The van der Waals surface area contributed by atoms with E-state index in [2.05, 4.69) is 58.7 Å². The average molecular weight is 380 g/mol. The van der Waals surface area contributed by atoms with Gasteiger partial charge in [-0.1, -0.05) is 26.0 Å². The van der Waals surface area contributed by atoms with Gasteiger partial charge in [-0.3, -0.25) is 0 Å². The van der Waals surface area contributed by atoms with Crippen LogP contribution >= 0.6 is 0 Å². The predicted molar refractivity (Wildman–Crippen MR) is 107 cm³/mol. The number of likely N-dealkylation sites (tertiary alicyclic amines) is 1. The largest absolute Gasteiger partial charge is 0.373 e. The maximum Gasteiger partial charge on any atom is 0.373 e. The summed E-state index contributed by atoms with van der Waals surface area (Å²) in [6.07, 6.45) is 6.05. The highest BCUT2D eigenvalue weighted by atomic mass is 16.2. The molecule has 6 heteroatoms. The van der Waals surface area contributed by atoms with Gasteiger partial charge in [0.2, 0.25) is 5.95 Å². The number of hydrogen-bond donors (Lipinski definition) is 0. The van der Waals surface area contributed by atoms with Crippen molar-refractivity contribution in [2.45, 2.75) is 45.1 Å². The minimum absolute atomic E-state index is 0.250. The topological polar surface area (TPSA) is 58.4 Å². The van der Waals surface area contributed by atoms with E-state index in [0.29, 0.717) is 5.41 Å². The molecule has 0 amide bonds. The highest BCUT2D eigenvalue weighted by molar-refractivity contribution is 5.60. The molecule has 0 radical (unpaired) electrons. The van der Waals surface area contributed by atoms with E-state index in [4.69, 9.17) is 14.6 Å². The molecule has 1 saturated heterocycles. The van der Waals surface area contributed by atoms with E-state index >= 15 is 0 Å². The summed E-state index contributed by atoms with van der Waals surface area (Å²) >= 11 is 0. The minimum Gasteiger partial charge on any atom is -0.317 e. The Balaban J connectivity index is 0.000000604. The Hall–Kier alpha value is -2.43. The smallest absolute Gasteiger partial charge is 0.317 e. The first-order valence-corrected chi connectivity index (χ1v) is 10.3. The van der Waals surface area contributed by atoms with Gasteiger partial charge in [0.15, 0.2) is 0 Å². The third-order valence-corrected chi connectivity index (χ3v) is 6.61. The molecule has 0 bridgehead atoms. The number of likely N-dealkylation sites (N-methyl/N-ethyl adjacent to an activating group) is 1. The fraction of sp³-hybridized carbons (Fsp3) is 0.545. The first-order chi connectivity index (χ1) is 13.6. The van der Waals surface area contributed by atoms with Gasteiger partial charge in [-0.05, 0) is 49.4 Å². The van der Waals surface area contributed by atoms with Gasteiger partial charge in [-0.15, -0.1) is 0 Å². The number of carbonyl (C=O) groups excluding carboxylic acids is 2. The van der Waals surface area contributed by atoms with Crippen molar-refractivity contribution in [2.75, 3.05) is 31.1 Å². The van der Waals surface area contributed by atoms with E-state index in [9.17, 15) is 0 Å². The molecule has 3 aliphatic rings. The van der Waals surface area contributed by atoms with Crippen LogP contribution < -0.4 is 4.90 Å². The van der Waals surface area contributed by atoms with Crippen LogP contribution in [0.4, 0.5) is 11.6 Å². The molecule has 1 aliphatic carbocycles. The Bertz CT molecular complexity index is 869. The number of fused-ring (bicyclic) bond motifs is 2. The van der Waals surface area contributed by atoms with Crippen molar-refractivity contribution in [3.63, 3.8) is 0 Å². The van der Waals surface area contributed by atoms with E-state index in [1.54, 1.807) is 5.56 Å². The molecule has 2 atom stereocenters. The van der Waals surface area contributed by atoms with Crippen LogP contribution in [0.5, 0.6) is 0 Å². The number of benzene rings is 1. The van der Waals surface area contributed by atoms with E-state index in [0.717, 1.165) is 31.4 Å². The summed E-state index contributed by atoms with van der Waals surface area (Å²) in [5, 5.41) is 0. The average Bonchev–Trinajstić information content (AvgIpc) is 3.09. The van der Waals surface area contributed by atoms with Crippen LogP contribution in [0.15, 0.2) is 30.5 Å². The van der Waals surface area contributed by atoms with Crippen LogP contribution in [-0.2, 0) is 28.0 Å². The van der Waals surface area contributed by atoms with Crippen molar-refractivity contribution in [3.05, 3.63) is 41.7 Å². The number of imidazole rings is 1. The van der Waals surface area contributed by atoms with E-state index in [1.807, 2.05) is 0 Å². The van der Waals surface area contributed by atoms with Gasteiger partial charge >= 0.3 is 6.15 Å². The van der Waals surface area contributed by atoms with Gasteiger partial charge < -0.3 is 14.4 Å². The van der Waals surface area contributed by atoms with Crippen molar-refractivity contribution in [1.82, 2.24) is 14.5 Å². The molecule has 6 nitrogen and oxygen atoms in total. The van der Waals surface area contributed by atoms with E-state index in [-0.39, 0.29) is 6.15 Å². The molecule has 2 unspecified atom stereocenters. The third-order valence-electron chi connectivity index (χ3n) is 6.61. The zero-order valence-corrected chi connectivity index (χ0v) is 16.7. The summed E-state index contributed by atoms with van der Waals surface area (Å²) in [5.41, 5.74) is 4.50. The second kappa shape index (κ2) is 7.53. The normalized spacial score (nSPS) is 25.4. The van der Waals surface area contributed by atoms with Crippen LogP contribution in [0.3, 0.4) is 0 Å². The summed E-state index contributed by atoms with van der Waals surface area (Å²) < 4.78 is 2.32. The molecule has 1 aromatic carbocycles. The number of aryl methyl sites for hydroxylation is 2. The molecular weight excluding hydrogens is 352 g/mol. The molecule has 1 saturated carbocycles. The van der Waals surface area contributed by atoms with Crippen molar-refractivity contribution in [2.24, 2.45) is 5.92 Å². The standard InChI is InChI=1S/C21H28N4.CO2/c1-3-18-14-24-10-5-11-25(20(24)22-18)19-8-6-16(7-9-19)21-12-17(21)13-23(4-2)15-21;2-1-3/h6-9,14,17H,3-5,10-13,15H2,1-2H3;. The summed E-state index contributed by atoms with van der Waals surface area (Å²) in [6.45, 7) is 10.4. The monoisotopic (exact) mass is 380 g/mol. The first-order valence-electron chi connectivity index (χ1n) is 10.3. The quantitative estimate of drug-likeness (QED) is 0.816. The second-order valence-electron chi connectivity index (χ2n) is 8.10. The lowest BCUT2D eigenvalue weighted by Crippen LogP contribution is -2.28. The van der Waals surface area contributed by atoms with Crippen molar-refractivity contribution in [1.29, 1.82) is 0 Å².